The molecule has 2 aromatic carbocycles. The lowest BCUT2D eigenvalue weighted by Gasteiger charge is -2.11. The van der Waals surface area contributed by atoms with E-state index < -0.39 is 0 Å². The van der Waals surface area contributed by atoms with Crippen LogP contribution in [0.4, 0.5) is 0 Å². The van der Waals surface area contributed by atoms with E-state index in [0.717, 1.165) is 11.3 Å². The second kappa shape index (κ2) is 7.57. The van der Waals surface area contributed by atoms with Crippen molar-refractivity contribution in [2.45, 2.75) is 6.54 Å². The van der Waals surface area contributed by atoms with Crippen molar-refractivity contribution in [3.8, 4) is 17.2 Å². The first-order valence-electron chi connectivity index (χ1n) is 7.94. The monoisotopic (exact) mass is 336 g/mol. The molecule has 0 saturated carbocycles. The molecule has 0 aliphatic carbocycles. The van der Waals surface area contributed by atoms with Gasteiger partial charge < -0.3 is 19.4 Å². The zero-order valence-electron chi connectivity index (χ0n) is 14.2. The summed E-state index contributed by atoms with van der Waals surface area (Å²) in [7, 11) is 3.20. The highest BCUT2D eigenvalue weighted by molar-refractivity contribution is 5.94. The maximum absolute atomic E-state index is 12.4. The quantitative estimate of drug-likeness (QED) is 0.750. The van der Waals surface area contributed by atoms with Crippen molar-refractivity contribution in [1.82, 2.24) is 9.88 Å². The Hall–Kier alpha value is -3.21. The number of carbonyl (C=O) groups excluding carboxylic acids is 1. The summed E-state index contributed by atoms with van der Waals surface area (Å²) in [5.74, 6) is 1.27. The average molecular weight is 336 g/mol. The van der Waals surface area contributed by atoms with Gasteiger partial charge in [-0.3, -0.25) is 4.79 Å². The van der Waals surface area contributed by atoms with Crippen LogP contribution in [-0.2, 0) is 6.54 Å². The van der Waals surface area contributed by atoms with Crippen molar-refractivity contribution in [2.75, 3.05) is 14.2 Å². The maximum atomic E-state index is 12.4. The van der Waals surface area contributed by atoms with Crippen LogP contribution in [0, 0.1) is 0 Å². The van der Waals surface area contributed by atoms with Gasteiger partial charge in [0.2, 0.25) is 0 Å². The fourth-order valence-electron chi connectivity index (χ4n) is 2.57. The molecule has 5 heteroatoms. The Bertz CT molecular complexity index is 840. The predicted molar refractivity (Wildman–Crippen MR) is 96.5 cm³/mol. The minimum atomic E-state index is -0.128. The summed E-state index contributed by atoms with van der Waals surface area (Å²) >= 11 is 0. The van der Waals surface area contributed by atoms with Crippen molar-refractivity contribution in [2.24, 2.45) is 0 Å². The molecular formula is C20H20N2O3. The van der Waals surface area contributed by atoms with Crippen molar-refractivity contribution in [3.63, 3.8) is 0 Å². The number of aromatic nitrogens is 1. The average Bonchev–Trinajstić information content (AvgIpc) is 3.20. The lowest BCUT2D eigenvalue weighted by atomic mass is 10.1. The highest BCUT2D eigenvalue weighted by atomic mass is 16.5. The molecule has 0 saturated heterocycles. The number of methoxy groups -OCH3 is 2. The van der Waals surface area contributed by atoms with Crippen LogP contribution in [0.3, 0.4) is 0 Å². The molecule has 0 aliphatic rings. The van der Waals surface area contributed by atoms with Crippen LogP contribution in [0.5, 0.6) is 11.5 Å². The van der Waals surface area contributed by atoms with Gasteiger partial charge in [0, 0.05) is 41.8 Å². The molecule has 0 bridgehead atoms. The summed E-state index contributed by atoms with van der Waals surface area (Å²) < 4.78 is 12.5. The van der Waals surface area contributed by atoms with Crippen molar-refractivity contribution in [3.05, 3.63) is 78.1 Å². The molecule has 5 nitrogen and oxygen atoms in total. The van der Waals surface area contributed by atoms with Gasteiger partial charge in [0.05, 0.1) is 14.2 Å². The van der Waals surface area contributed by atoms with Gasteiger partial charge in [0.1, 0.15) is 11.5 Å². The smallest absolute Gasteiger partial charge is 0.251 e. The van der Waals surface area contributed by atoms with E-state index in [0.29, 0.717) is 23.6 Å². The molecule has 25 heavy (non-hydrogen) atoms. The van der Waals surface area contributed by atoms with Crippen molar-refractivity contribution in [1.29, 1.82) is 0 Å². The highest BCUT2D eigenvalue weighted by Gasteiger charge is 2.09. The summed E-state index contributed by atoms with van der Waals surface area (Å²) in [6, 6.07) is 16.9. The molecule has 0 radical (unpaired) electrons. The Balaban J connectivity index is 1.66. The summed E-state index contributed by atoms with van der Waals surface area (Å²) in [5, 5.41) is 2.92. The summed E-state index contributed by atoms with van der Waals surface area (Å²) in [6.07, 6.45) is 3.93. The van der Waals surface area contributed by atoms with Gasteiger partial charge in [-0.05, 0) is 48.5 Å². The fourth-order valence-corrected chi connectivity index (χ4v) is 2.57. The second-order valence-electron chi connectivity index (χ2n) is 5.50. The Morgan fingerprint density at radius 2 is 1.72 bits per heavy atom. The third-order valence-corrected chi connectivity index (χ3v) is 3.97. The maximum Gasteiger partial charge on any atom is 0.251 e. The minimum Gasteiger partial charge on any atom is -0.497 e. The van der Waals surface area contributed by atoms with E-state index in [1.165, 1.54) is 0 Å². The van der Waals surface area contributed by atoms with E-state index in [-0.39, 0.29) is 5.91 Å². The molecule has 1 N–H and O–H groups in total. The largest absolute Gasteiger partial charge is 0.497 e. The molecule has 128 valence electrons. The normalized spacial score (nSPS) is 10.3. The summed E-state index contributed by atoms with van der Waals surface area (Å²) in [5.41, 5.74) is 2.52. The molecule has 3 rings (SSSR count). The van der Waals surface area contributed by atoms with E-state index in [1.807, 2.05) is 65.5 Å². The summed E-state index contributed by atoms with van der Waals surface area (Å²) in [4.78, 5) is 12.4. The van der Waals surface area contributed by atoms with E-state index in [4.69, 9.17) is 9.47 Å². The zero-order valence-corrected chi connectivity index (χ0v) is 14.2. The Kier molecular flexibility index (Phi) is 5.04. The lowest BCUT2D eigenvalue weighted by molar-refractivity contribution is 0.0950. The molecule has 0 unspecified atom stereocenters. The fraction of sp³-hybridized carbons (Fsp3) is 0.150. The molecule has 0 aliphatic heterocycles. The van der Waals surface area contributed by atoms with Crippen LogP contribution in [0.15, 0.2) is 67.0 Å². The van der Waals surface area contributed by atoms with Crippen LogP contribution in [-0.4, -0.2) is 24.7 Å². The molecule has 1 heterocycles. The van der Waals surface area contributed by atoms with Crippen LogP contribution in [0.25, 0.3) is 5.69 Å². The SMILES string of the molecule is COc1ccc(CNC(=O)c2ccc(-n3cccc3)cc2)c(OC)c1. The van der Waals surface area contributed by atoms with Gasteiger partial charge in [0.25, 0.3) is 5.91 Å². The number of nitrogens with zero attached hydrogens (tertiary/aromatic N) is 1. The first-order valence-corrected chi connectivity index (χ1v) is 7.94. The number of hydrogen-bond donors (Lipinski definition) is 1. The van der Waals surface area contributed by atoms with Crippen LogP contribution in [0.2, 0.25) is 0 Å². The predicted octanol–water partition coefficient (Wildman–Crippen LogP) is 3.42. The third kappa shape index (κ3) is 3.83. The highest BCUT2D eigenvalue weighted by Crippen LogP contribution is 2.24. The molecular weight excluding hydrogens is 316 g/mol. The van der Waals surface area contributed by atoms with Crippen LogP contribution in [0.1, 0.15) is 15.9 Å². The molecule has 1 aromatic heterocycles. The number of ether oxygens (including phenoxy) is 2. The van der Waals surface area contributed by atoms with E-state index in [1.54, 1.807) is 20.3 Å². The topological polar surface area (TPSA) is 52.5 Å². The molecule has 0 fully saturated rings. The van der Waals surface area contributed by atoms with Gasteiger partial charge in [-0.15, -0.1) is 0 Å². The van der Waals surface area contributed by atoms with Crippen LogP contribution < -0.4 is 14.8 Å². The number of benzene rings is 2. The minimum absolute atomic E-state index is 0.128. The standard InChI is InChI=1S/C20H20N2O3/c1-24-18-10-7-16(19(13-18)25-2)14-21-20(23)15-5-8-17(9-6-15)22-11-3-4-12-22/h3-13H,14H2,1-2H3,(H,21,23). The molecule has 0 spiro atoms. The van der Waals surface area contributed by atoms with Gasteiger partial charge in [-0.1, -0.05) is 0 Å². The first kappa shape index (κ1) is 16.6. The van der Waals surface area contributed by atoms with Gasteiger partial charge in [0.15, 0.2) is 0 Å². The Morgan fingerprint density at radius 3 is 2.36 bits per heavy atom. The van der Waals surface area contributed by atoms with E-state index >= 15 is 0 Å². The molecule has 0 atom stereocenters. The number of amides is 1. The van der Waals surface area contributed by atoms with Gasteiger partial charge in [-0.2, -0.15) is 0 Å². The van der Waals surface area contributed by atoms with Gasteiger partial charge >= 0.3 is 0 Å². The van der Waals surface area contributed by atoms with E-state index in [9.17, 15) is 4.79 Å². The molecule has 1 amide bonds. The van der Waals surface area contributed by atoms with E-state index in [2.05, 4.69) is 5.32 Å². The van der Waals surface area contributed by atoms with Crippen molar-refractivity contribution >= 4 is 5.91 Å². The van der Waals surface area contributed by atoms with Crippen LogP contribution >= 0.6 is 0 Å². The third-order valence-electron chi connectivity index (χ3n) is 3.97. The van der Waals surface area contributed by atoms with Gasteiger partial charge in [-0.25, -0.2) is 0 Å². The Labute approximate surface area is 146 Å². The first-order chi connectivity index (χ1) is 12.2. The lowest BCUT2D eigenvalue weighted by Crippen LogP contribution is -2.23. The Morgan fingerprint density at radius 1 is 1.00 bits per heavy atom. The number of nitrogens with one attached hydrogen (secondary N) is 1. The second-order valence-corrected chi connectivity index (χ2v) is 5.50. The number of hydrogen-bond acceptors (Lipinski definition) is 3. The molecule has 3 aromatic rings. The summed E-state index contributed by atoms with van der Waals surface area (Å²) in [6.45, 7) is 0.380. The van der Waals surface area contributed by atoms with Crippen molar-refractivity contribution < 1.29 is 14.3 Å². The number of rotatable bonds is 6. The zero-order chi connectivity index (χ0) is 17.6. The number of carbonyl (C=O) groups is 1.